The van der Waals surface area contributed by atoms with Crippen LogP contribution in [-0.4, -0.2) is 61.2 Å². The Morgan fingerprint density at radius 3 is 2.41 bits per heavy atom. The van der Waals surface area contributed by atoms with E-state index in [0.717, 1.165) is 62.6 Å². The van der Waals surface area contributed by atoms with Crippen molar-refractivity contribution in [2.45, 2.75) is 40.2 Å². The Morgan fingerprint density at radius 2 is 1.78 bits per heavy atom. The Morgan fingerprint density at radius 1 is 1.06 bits per heavy atom. The lowest BCUT2D eigenvalue weighted by Gasteiger charge is -2.36. The third-order valence-electron chi connectivity index (χ3n) is 5.51. The van der Waals surface area contributed by atoms with E-state index in [4.69, 9.17) is 4.52 Å². The maximum atomic E-state index is 12.7. The molecule has 0 spiro atoms. The van der Waals surface area contributed by atoms with Crippen LogP contribution in [0, 0.1) is 0 Å². The molecule has 1 aromatic carbocycles. The molecule has 2 heterocycles. The Hall–Kier alpha value is -2.30. The van der Waals surface area contributed by atoms with Crippen LogP contribution in [-0.2, 0) is 24.2 Å². The zero-order chi connectivity index (χ0) is 22.1. The number of hydrogen-bond acceptors (Lipinski definition) is 5. The summed E-state index contributed by atoms with van der Waals surface area (Å²) < 4.78 is 5.42. The fraction of sp³-hybridized carbons (Fsp3) is 0.522. The molecular weight excluding hydrogens is 519 g/mol. The van der Waals surface area contributed by atoms with Crippen LogP contribution in [0.5, 0.6) is 0 Å². The van der Waals surface area contributed by atoms with E-state index in [-0.39, 0.29) is 36.4 Å². The molecule has 2 aromatic rings. The van der Waals surface area contributed by atoms with Gasteiger partial charge in [0.1, 0.15) is 5.76 Å². The fourth-order valence-corrected chi connectivity index (χ4v) is 3.74. The molecule has 176 valence electrons. The first-order chi connectivity index (χ1) is 15.2. The van der Waals surface area contributed by atoms with Gasteiger partial charge in [0, 0.05) is 50.4 Å². The van der Waals surface area contributed by atoms with Crippen LogP contribution in [0.25, 0.3) is 0 Å². The van der Waals surface area contributed by atoms with Crippen molar-refractivity contribution in [3.63, 3.8) is 0 Å². The maximum absolute atomic E-state index is 12.7. The summed E-state index contributed by atoms with van der Waals surface area (Å²) in [6.07, 6.45) is 1.60. The minimum atomic E-state index is 0. The molecule has 1 saturated heterocycles. The number of hydrogen-bond donors (Lipinski definition) is 2. The molecule has 0 aliphatic carbocycles. The SMILES string of the molecule is CCNC(=NCc1c(CC)noc1CC)NCC(=O)N1CCN(c2ccccc2)CC1.I. The average molecular weight is 554 g/mol. The largest absolute Gasteiger partial charge is 0.368 e. The molecule has 32 heavy (non-hydrogen) atoms. The molecule has 0 radical (unpaired) electrons. The van der Waals surface area contributed by atoms with Crippen molar-refractivity contribution >= 4 is 41.5 Å². The number of nitrogens with zero attached hydrogens (tertiary/aromatic N) is 4. The Labute approximate surface area is 207 Å². The molecule has 1 amide bonds. The van der Waals surface area contributed by atoms with Crippen LogP contribution in [0.2, 0.25) is 0 Å². The highest BCUT2D eigenvalue weighted by Crippen LogP contribution is 2.17. The molecule has 1 aromatic heterocycles. The molecule has 1 fully saturated rings. The Bertz CT molecular complexity index is 841. The van der Waals surface area contributed by atoms with E-state index in [1.54, 1.807) is 0 Å². The minimum absolute atomic E-state index is 0. The van der Waals surface area contributed by atoms with E-state index in [1.165, 1.54) is 5.69 Å². The molecular formula is C23H35IN6O2. The predicted molar refractivity (Wildman–Crippen MR) is 139 cm³/mol. The van der Waals surface area contributed by atoms with E-state index in [9.17, 15) is 4.79 Å². The van der Waals surface area contributed by atoms with Crippen LogP contribution in [0.15, 0.2) is 39.8 Å². The van der Waals surface area contributed by atoms with Crippen LogP contribution in [0.3, 0.4) is 0 Å². The van der Waals surface area contributed by atoms with E-state index < -0.39 is 0 Å². The first-order valence-corrected chi connectivity index (χ1v) is 11.2. The lowest BCUT2D eigenvalue weighted by Crippen LogP contribution is -2.52. The lowest BCUT2D eigenvalue weighted by molar-refractivity contribution is -0.130. The summed E-state index contributed by atoms with van der Waals surface area (Å²) in [6, 6.07) is 10.3. The lowest BCUT2D eigenvalue weighted by atomic mass is 10.1. The zero-order valence-electron chi connectivity index (χ0n) is 19.3. The van der Waals surface area contributed by atoms with Gasteiger partial charge in [0.15, 0.2) is 5.96 Å². The van der Waals surface area contributed by atoms with Crippen molar-refractivity contribution < 1.29 is 9.32 Å². The fourth-order valence-electron chi connectivity index (χ4n) is 3.74. The van der Waals surface area contributed by atoms with Gasteiger partial charge < -0.3 is 25.0 Å². The van der Waals surface area contributed by atoms with Gasteiger partial charge in [-0.25, -0.2) is 4.99 Å². The van der Waals surface area contributed by atoms with Gasteiger partial charge in [-0.2, -0.15) is 0 Å². The molecule has 9 heteroatoms. The van der Waals surface area contributed by atoms with Gasteiger partial charge in [0.05, 0.1) is 18.8 Å². The number of aliphatic imine (C=N–C) groups is 1. The molecule has 0 bridgehead atoms. The topological polar surface area (TPSA) is 86.0 Å². The third kappa shape index (κ3) is 6.85. The number of benzene rings is 1. The monoisotopic (exact) mass is 554 g/mol. The average Bonchev–Trinajstić information content (AvgIpc) is 3.23. The summed E-state index contributed by atoms with van der Waals surface area (Å²) in [7, 11) is 0. The quantitative estimate of drug-likeness (QED) is 0.297. The van der Waals surface area contributed by atoms with E-state index in [2.05, 4.69) is 44.7 Å². The van der Waals surface area contributed by atoms with Gasteiger partial charge in [-0.05, 0) is 25.5 Å². The van der Waals surface area contributed by atoms with Crippen LogP contribution in [0.4, 0.5) is 5.69 Å². The van der Waals surface area contributed by atoms with E-state index in [0.29, 0.717) is 12.5 Å². The summed E-state index contributed by atoms with van der Waals surface area (Å²) in [6.45, 7) is 10.7. The van der Waals surface area contributed by atoms with Crippen LogP contribution >= 0.6 is 24.0 Å². The van der Waals surface area contributed by atoms with Crippen LogP contribution in [0.1, 0.15) is 37.8 Å². The molecule has 1 aliphatic heterocycles. The molecule has 0 atom stereocenters. The van der Waals surface area contributed by atoms with Gasteiger partial charge >= 0.3 is 0 Å². The number of carbonyl (C=O) groups is 1. The van der Waals surface area contributed by atoms with Crippen molar-refractivity contribution in [1.29, 1.82) is 0 Å². The van der Waals surface area contributed by atoms with E-state index >= 15 is 0 Å². The van der Waals surface area contributed by atoms with Gasteiger partial charge in [-0.1, -0.05) is 37.2 Å². The second-order valence-electron chi connectivity index (χ2n) is 7.49. The Kier molecular flexibility index (Phi) is 10.8. The molecule has 2 N–H and O–H groups in total. The number of halogens is 1. The highest BCUT2D eigenvalue weighted by atomic mass is 127. The molecule has 0 saturated carbocycles. The van der Waals surface area contributed by atoms with Crippen molar-refractivity contribution in [3.05, 3.63) is 47.3 Å². The highest BCUT2D eigenvalue weighted by molar-refractivity contribution is 14.0. The van der Waals surface area contributed by atoms with Gasteiger partial charge in [-0.15, -0.1) is 24.0 Å². The standard InChI is InChI=1S/C23H34N6O2.HI/c1-4-20-19(21(5-2)31-27-20)16-25-23(24-6-3)26-17-22(30)29-14-12-28(13-15-29)18-10-8-7-9-11-18;/h7-11H,4-6,12-17H2,1-3H3,(H2,24,25,26);1H. The number of para-hydroxylation sites is 1. The number of aryl methyl sites for hydroxylation is 2. The molecule has 3 rings (SSSR count). The maximum Gasteiger partial charge on any atom is 0.242 e. The molecule has 8 nitrogen and oxygen atoms in total. The smallest absolute Gasteiger partial charge is 0.242 e. The zero-order valence-corrected chi connectivity index (χ0v) is 21.6. The summed E-state index contributed by atoms with van der Waals surface area (Å²) in [4.78, 5) is 21.6. The number of piperazine rings is 1. The summed E-state index contributed by atoms with van der Waals surface area (Å²) in [5, 5.41) is 10.5. The molecule has 1 aliphatic rings. The summed E-state index contributed by atoms with van der Waals surface area (Å²) in [5.74, 6) is 1.60. The summed E-state index contributed by atoms with van der Waals surface area (Å²) >= 11 is 0. The second-order valence-corrected chi connectivity index (χ2v) is 7.49. The number of aromatic nitrogens is 1. The van der Waals surface area contributed by atoms with E-state index in [1.807, 2.05) is 36.9 Å². The first kappa shape index (κ1) is 26.0. The number of nitrogens with one attached hydrogen (secondary N) is 2. The van der Waals surface area contributed by atoms with Crippen molar-refractivity contribution in [1.82, 2.24) is 20.7 Å². The van der Waals surface area contributed by atoms with Gasteiger partial charge in [0.2, 0.25) is 5.91 Å². The number of carbonyl (C=O) groups excluding carboxylic acids is 1. The summed E-state index contributed by atoms with van der Waals surface area (Å²) in [5.41, 5.74) is 3.20. The third-order valence-corrected chi connectivity index (χ3v) is 5.51. The van der Waals surface area contributed by atoms with Crippen molar-refractivity contribution in [3.8, 4) is 0 Å². The number of rotatable bonds is 8. The van der Waals surface area contributed by atoms with Gasteiger partial charge in [-0.3, -0.25) is 4.79 Å². The van der Waals surface area contributed by atoms with Crippen LogP contribution < -0.4 is 15.5 Å². The second kappa shape index (κ2) is 13.3. The first-order valence-electron chi connectivity index (χ1n) is 11.2. The van der Waals surface area contributed by atoms with Crippen molar-refractivity contribution in [2.75, 3.05) is 44.2 Å². The predicted octanol–water partition coefficient (Wildman–Crippen LogP) is 2.82. The highest BCUT2D eigenvalue weighted by Gasteiger charge is 2.21. The normalized spacial score (nSPS) is 14.2. The minimum Gasteiger partial charge on any atom is -0.368 e. The number of amides is 1. The Balaban J connectivity index is 0.00000363. The number of anilines is 1. The van der Waals surface area contributed by atoms with Crippen molar-refractivity contribution in [2.24, 2.45) is 4.99 Å². The number of guanidine groups is 1. The molecule has 0 unspecified atom stereocenters. The van der Waals surface area contributed by atoms with Gasteiger partial charge in [0.25, 0.3) is 0 Å².